The lowest BCUT2D eigenvalue weighted by molar-refractivity contribution is 0.215. The summed E-state index contributed by atoms with van der Waals surface area (Å²) in [5.41, 5.74) is 0. The highest BCUT2D eigenvalue weighted by atomic mass is 127. The summed E-state index contributed by atoms with van der Waals surface area (Å²) >= 11 is 1.83. The van der Waals surface area contributed by atoms with Crippen molar-refractivity contribution in [3.8, 4) is 0 Å². The second-order valence-electron chi connectivity index (χ2n) is 5.15. The van der Waals surface area contributed by atoms with Crippen molar-refractivity contribution < 1.29 is 4.42 Å². The molecule has 0 saturated carbocycles. The van der Waals surface area contributed by atoms with E-state index in [9.17, 15) is 0 Å². The minimum absolute atomic E-state index is 0. The zero-order valence-corrected chi connectivity index (χ0v) is 16.5. The predicted octanol–water partition coefficient (Wildman–Crippen LogP) is 2.56. The molecule has 1 aliphatic heterocycles. The molecule has 0 radical (unpaired) electrons. The number of thioether (sulfide) groups is 1. The van der Waals surface area contributed by atoms with E-state index in [1.165, 1.54) is 12.8 Å². The Morgan fingerprint density at radius 2 is 2.18 bits per heavy atom. The van der Waals surface area contributed by atoms with Crippen LogP contribution in [0.3, 0.4) is 0 Å². The minimum Gasteiger partial charge on any atom is -0.468 e. The highest BCUT2D eigenvalue weighted by Gasteiger charge is 2.25. The van der Waals surface area contributed by atoms with Gasteiger partial charge >= 0.3 is 0 Å². The molecule has 22 heavy (non-hydrogen) atoms. The smallest absolute Gasteiger partial charge is 0.191 e. The number of furan rings is 1. The number of aliphatic imine (C=N–C) groups is 1. The summed E-state index contributed by atoms with van der Waals surface area (Å²) in [7, 11) is 1.81. The van der Waals surface area contributed by atoms with Crippen LogP contribution in [0.2, 0.25) is 0 Å². The molecule has 5 nitrogen and oxygen atoms in total. The van der Waals surface area contributed by atoms with Gasteiger partial charge in [-0.3, -0.25) is 9.89 Å². The van der Waals surface area contributed by atoms with Crippen LogP contribution in [0.4, 0.5) is 0 Å². The third kappa shape index (κ3) is 6.00. The molecule has 2 N–H and O–H groups in total. The van der Waals surface area contributed by atoms with Gasteiger partial charge in [0.25, 0.3) is 0 Å². The molecule has 1 aromatic heterocycles. The lowest BCUT2D eigenvalue weighted by atomic mass is 10.2. The molecule has 0 bridgehead atoms. The summed E-state index contributed by atoms with van der Waals surface area (Å²) in [5.74, 6) is 2.97. The number of guanidine groups is 1. The monoisotopic (exact) mass is 438 g/mol. The van der Waals surface area contributed by atoms with Crippen LogP contribution in [0.15, 0.2) is 27.8 Å². The van der Waals surface area contributed by atoms with Crippen LogP contribution in [0, 0.1) is 0 Å². The van der Waals surface area contributed by atoms with Gasteiger partial charge in [-0.2, -0.15) is 11.8 Å². The van der Waals surface area contributed by atoms with Crippen LogP contribution < -0.4 is 10.6 Å². The van der Waals surface area contributed by atoms with E-state index < -0.39 is 0 Å². The number of hydrogen-bond donors (Lipinski definition) is 2. The largest absolute Gasteiger partial charge is 0.468 e. The Morgan fingerprint density at radius 3 is 2.77 bits per heavy atom. The number of nitrogens with one attached hydrogen (secondary N) is 2. The van der Waals surface area contributed by atoms with E-state index in [1.807, 2.05) is 24.9 Å². The molecular weight excluding hydrogens is 411 g/mol. The Hall–Kier alpha value is -0.410. The average molecular weight is 438 g/mol. The SMILES string of the molecule is CN=C(NCCSC)NCC(c1ccco1)N1CCCC1.I. The maximum Gasteiger partial charge on any atom is 0.191 e. The number of likely N-dealkylation sites (tertiary alicyclic amines) is 1. The molecule has 7 heteroatoms. The maximum atomic E-state index is 5.63. The van der Waals surface area contributed by atoms with Crippen LogP contribution in [-0.4, -0.2) is 56.1 Å². The van der Waals surface area contributed by atoms with Gasteiger partial charge < -0.3 is 15.1 Å². The standard InChI is InChI=1S/C15H26N4OS.HI/c1-16-15(17-7-11-21-2)18-12-13(14-6-5-10-20-14)19-8-3-4-9-19;/h5-6,10,13H,3-4,7-9,11-12H2,1-2H3,(H2,16,17,18);1H. The van der Waals surface area contributed by atoms with E-state index in [-0.39, 0.29) is 30.0 Å². The Labute approximate surface area is 154 Å². The second-order valence-corrected chi connectivity index (χ2v) is 6.13. The van der Waals surface area contributed by atoms with Crippen molar-refractivity contribution in [2.24, 2.45) is 4.99 Å². The van der Waals surface area contributed by atoms with E-state index in [0.29, 0.717) is 0 Å². The van der Waals surface area contributed by atoms with Crippen molar-refractivity contribution in [2.45, 2.75) is 18.9 Å². The quantitative estimate of drug-likeness (QED) is 0.297. The van der Waals surface area contributed by atoms with Crippen LogP contribution in [0.5, 0.6) is 0 Å². The first-order valence-corrected chi connectivity index (χ1v) is 8.95. The fraction of sp³-hybridized carbons (Fsp3) is 0.667. The van der Waals surface area contributed by atoms with Crippen molar-refractivity contribution in [2.75, 3.05) is 45.2 Å². The first-order chi connectivity index (χ1) is 10.3. The summed E-state index contributed by atoms with van der Waals surface area (Å²) in [6.07, 6.45) is 6.41. The fourth-order valence-corrected chi connectivity index (χ4v) is 2.94. The third-order valence-electron chi connectivity index (χ3n) is 3.74. The first-order valence-electron chi connectivity index (χ1n) is 7.56. The van der Waals surface area contributed by atoms with Crippen LogP contribution >= 0.6 is 35.7 Å². The van der Waals surface area contributed by atoms with E-state index in [2.05, 4.69) is 32.8 Å². The Balaban J connectivity index is 0.00000242. The van der Waals surface area contributed by atoms with Gasteiger partial charge in [0, 0.05) is 25.9 Å². The summed E-state index contributed by atoms with van der Waals surface area (Å²) in [6, 6.07) is 4.31. The Morgan fingerprint density at radius 1 is 1.41 bits per heavy atom. The third-order valence-corrected chi connectivity index (χ3v) is 4.35. The van der Waals surface area contributed by atoms with Crippen LogP contribution in [0.1, 0.15) is 24.6 Å². The molecule has 2 rings (SSSR count). The summed E-state index contributed by atoms with van der Waals surface area (Å²) < 4.78 is 5.63. The molecule has 1 atom stereocenters. The Kier molecular flexibility index (Phi) is 9.98. The van der Waals surface area contributed by atoms with E-state index in [4.69, 9.17) is 4.42 Å². The van der Waals surface area contributed by atoms with Gasteiger partial charge in [-0.25, -0.2) is 0 Å². The molecule has 0 amide bonds. The lowest BCUT2D eigenvalue weighted by Gasteiger charge is -2.26. The summed E-state index contributed by atoms with van der Waals surface area (Å²) in [5, 5.41) is 6.75. The molecule has 0 aliphatic carbocycles. The number of rotatable bonds is 7. The molecule has 1 aromatic rings. The summed E-state index contributed by atoms with van der Waals surface area (Å²) in [6.45, 7) is 4.03. The zero-order chi connectivity index (χ0) is 14.9. The van der Waals surface area contributed by atoms with Crippen molar-refractivity contribution in [3.05, 3.63) is 24.2 Å². The molecular formula is C15H27IN4OS. The molecule has 0 spiro atoms. The minimum atomic E-state index is 0. The van der Waals surface area contributed by atoms with E-state index in [0.717, 1.165) is 43.7 Å². The molecule has 2 heterocycles. The zero-order valence-electron chi connectivity index (χ0n) is 13.4. The van der Waals surface area contributed by atoms with E-state index in [1.54, 1.807) is 6.26 Å². The van der Waals surface area contributed by atoms with E-state index >= 15 is 0 Å². The van der Waals surface area contributed by atoms with Crippen molar-refractivity contribution in [1.29, 1.82) is 0 Å². The Bertz CT molecular complexity index is 421. The van der Waals surface area contributed by atoms with Crippen molar-refractivity contribution in [1.82, 2.24) is 15.5 Å². The van der Waals surface area contributed by atoms with Gasteiger partial charge in [-0.15, -0.1) is 24.0 Å². The van der Waals surface area contributed by atoms with Gasteiger partial charge in [-0.1, -0.05) is 0 Å². The normalized spacial score (nSPS) is 17.1. The summed E-state index contributed by atoms with van der Waals surface area (Å²) in [4.78, 5) is 6.76. The number of halogens is 1. The predicted molar refractivity (Wildman–Crippen MR) is 105 cm³/mol. The second kappa shape index (κ2) is 11.2. The average Bonchev–Trinajstić information content (AvgIpc) is 3.19. The number of hydrogen-bond acceptors (Lipinski definition) is 4. The fourth-order valence-electron chi connectivity index (χ4n) is 2.63. The topological polar surface area (TPSA) is 52.8 Å². The molecule has 126 valence electrons. The van der Waals surface area contributed by atoms with Gasteiger partial charge in [0.1, 0.15) is 5.76 Å². The molecule has 0 aromatic carbocycles. The van der Waals surface area contributed by atoms with Gasteiger partial charge in [0.05, 0.1) is 12.3 Å². The first kappa shape index (κ1) is 19.6. The van der Waals surface area contributed by atoms with Crippen LogP contribution in [0.25, 0.3) is 0 Å². The molecule has 1 saturated heterocycles. The lowest BCUT2D eigenvalue weighted by Crippen LogP contribution is -2.43. The van der Waals surface area contributed by atoms with Gasteiger partial charge in [0.15, 0.2) is 5.96 Å². The molecule has 1 aliphatic rings. The van der Waals surface area contributed by atoms with Crippen LogP contribution in [-0.2, 0) is 0 Å². The maximum absolute atomic E-state index is 5.63. The van der Waals surface area contributed by atoms with Crippen molar-refractivity contribution >= 4 is 41.7 Å². The molecule has 1 fully saturated rings. The highest BCUT2D eigenvalue weighted by Crippen LogP contribution is 2.24. The molecule has 1 unspecified atom stereocenters. The van der Waals surface area contributed by atoms with Gasteiger partial charge in [-0.05, 0) is 44.3 Å². The van der Waals surface area contributed by atoms with Gasteiger partial charge in [0.2, 0.25) is 0 Å². The van der Waals surface area contributed by atoms with Crippen molar-refractivity contribution in [3.63, 3.8) is 0 Å². The highest BCUT2D eigenvalue weighted by molar-refractivity contribution is 14.0. The number of nitrogens with zero attached hydrogens (tertiary/aromatic N) is 2.